The number of thiocarbonyl (C=S) groups is 2. The first-order valence-corrected chi connectivity index (χ1v) is 40.5. The van der Waals surface area contributed by atoms with Gasteiger partial charge >= 0.3 is 23.9 Å². The van der Waals surface area contributed by atoms with Crippen molar-refractivity contribution in [2.75, 3.05) is 47.7 Å². The molecule has 612 valence electrons. The van der Waals surface area contributed by atoms with Gasteiger partial charge in [0, 0.05) is 45.0 Å². The Kier molecular flexibility index (Phi) is 28.9. The number of rotatable bonds is 16. The third-order valence-corrected chi connectivity index (χ3v) is 23.9. The number of carbonyl (C=O) groups is 6. The van der Waals surface area contributed by atoms with Gasteiger partial charge in [-0.1, -0.05) is 179 Å². The third-order valence-electron chi connectivity index (χ3n) is 23.2. The highest BCUT2D eigenvalue weighted by Crippen LogP contribution is 2.50. The normalized spacial score (nSPS) is 16.5. The molecule has 2 amide bonds. The molecule has 0 saturated carbocycles. The van der Waals surface area contributed by atoms with Gasteiger partial charge < -0.3 is 40.2 Å². The lowest BCUT2D eigenvalue weighted by Gasteiger charge is -2.42. The fourth-order valence-corrected chi connectivity index (χ4v) is 16.0. The SMILES string of the molecule is C.CCOC(=O)c1ccc(NC(=O)c2ccc3c(c2)C(C)(C)CCC3(C)C)cc1.CCOC(=O)c1ccc(NC(=O)c2ccc3c(c2)C(C)(C)CCC3(C)C)cc1F.CCOC(=O)c1ccc(NC(=S)c2ccc3c(c2)C(C)(C)CCC3(C)C)cc1.CCOC(=O)c1ccc(NC(=S)c2ccc3c(c2)C(C)(C)CCC3(C)C)cc1F. The van der Waals surface area contributed by atoms with E-state index in [0.29, 0.717) is 56.8 Å². The molecule has 4 aliphatic carbocycles. The van der Waals surface area contributed by atoms with Gasteiger partial charge in [0.2, 0.25) is 0 Å². The molecule has 4 N–H and O–H groups in total. The van der Waals surface area contributed by atoms with Crippen molar-refractivity contribution < 1.29 is 56.5 Å². The predicted octanol–water partition coefficient (Wildman–Crippen LogP) is 23.8. The molecule has 115 heavy (non-hydrogen) atoms. The number of halogens is 2. The second-order valence-electron chi connectivity index (χ2n) is 35.4. The third kappa shape index (κ3) is 21.7. The number of carbonyl (C=O) groups excluding carboxylic acids is 6. The highest BCUT2D eigenvalue weighted by Gasteiger charge is 2.41. The van der Waals surface area contributed by atoms with Crippen molar-refractivity contribution in [2.24, 2.45) is 0 Å². The molecule has 0 unspecified atom stereocenters. The molecule has 0 bridgehead atoms. The van der Waals surface area contributed by atoms with E-state index in [1.807, 2.05) is 48.5 Å². The summed E-state index contributed by atoms with van der Waals surface area (Å²) in [6.45, 7) is 44.3. The Morgan fingerprint density at radius 1 is 0.287 bits per heavy atom. The Labute approximate surface area is 691 Å². The van der Waals surface area contributed by atoms with Crippen LogP contribution in [0, 0.1) is 11.6 Å². The number of benzene rings is 8. The predicted molar refractivity (Wildman–Crippen MR) is 470 cm³/mol. The van der Waals surface area contributed by atoms with Crippen molar-refractivity contribution in [3.8, 4) is 0 Å². The average molecular weight is 1600 g/mol. The summed E-state index contributed by atoms with van der Waals surface area (Å²) in [5.74, 6) is -3.88. The first kappa shape index (κ1) is 90.8. The molecule has 8 aromatic carbocycles. The second-order valence-corrected chi connectivity index (χ2v) is 36.2. The van der Waals surface area contributed by atoms with Crippen LogP contribution in [0.15, 0.2) is 158 Å². The topological polar surface area (TPSA) is 187 Å². The highest BCUT2D eigenvalue weighted by atomic mass is 32.1. The minimum absolute atomic E-state index is 0. The van der Waals surface area contributed by atoms with Crippen molar-refractivity contribution in [1.29, 1.82) is 0 Å². The fourth-order valence-electron chi connectivity index (χ4n) is 15.5. The van der Waals surface area contributed by atoms with Crippen molar-refractivity contribution in [2.45, 2.75) is 241 Å². The Balaban J connectivity index is 0.000000191. The fraction of sp³-hybridized carbons (Fsp3) is 0.423. The monoisotopic (exact) mass is 1600 g/mol. The largest absolute Gasteiger partial charge is 0.462 e. The number of ether oxygens (including phenoxy) is 4. The first-order valence-electron chi connectivity index (χ1n) is 39.7. The molecule has 8 aromatic rings. The molecule has 0 aliphatic heterocycles. The molecular formula is C97H118F2N4O10S2. The lowest BCUT2D eigenvalue weighted by molar-refractivity contribution is 0.0511. The number of amides is 2. The molecule has 0 radical (unpaired) electrons. The van der Waals surface area contributed by atoms with Crippen LogP contribution in [0.2, 0.25) is 0 Å². The highest BCUT2D eigenvalue weighted by molar-refractivity contribution is 7.81. The molecule has 4 aliphatic rings. The van der Waals surface area contributed by atoms with Gasteiger partial charge in [-0.3, -0.25) is 9.59 Å². The molecule has 0 saturated heterocycles. The Morgan fingerprint density at radius 3 is 0.791 bits per heavy atom. The van der Waals surface area contributed by atoms with Gasteiger partial charge in [0.15, 0.2) is 0 Å². The molecule has 0 aromatic heterocycles. The van der Waals surface area contributed by atoms with Gasteiger partial charge in [-0.15, -0.1) is 0 Å². The Bertz CT molecular complexity index is 4650. The molecular weight excluding hydrogens is 1480 g/mol. The molecule has 0 atom stereocenters. The molecule has 0 fully saturated rings. The zero-order valence-electron chi connectivity index (χ0n) is 70.2. The van der Waals surface area contributed by atoms with E-state index in [1.165, 1.54) is 81.6 Å². The minimum atomic E-state index is -0.727. The molecule has 0 heterocycles. The van der Waals surface area contributed by atoms with Crippen LogP contribution < -0.4 is 21.3 Å². The van der Waals surface area contributed by atoms with Crippen molar-refractivity contribution in [1.82, 2.24) is 0 Å². The zero-order valence-corrected chi connectivity index (χ0v) is 71.8. The maximum atomic E-state index is 14.3. The summed E-state index contributed by atoms with van der Waals surface area (Å²) < 4.78 is 48.2. The standard InChI is InChI=1S/C24H28FNO3.C24H28FNO2S.C24H29NO3.C24H29NO2S.CH4/c1-6-29-22(28)17-9-8-16(14-20(17)25)26-21(27)15-7-10-18-19(13-15)24(4,5)12-11-23(18,2)3;1-6-28-22(27)17-9-8-16(14-20(17)25)26-21(29)15-7-10-18-19(13-15)24(4,5)12-11-23(18,2)3;1-6-28-22(27)16-7-10-18(11-8-16)25-21(26)17-9-12-19-20(15-17)24(4,5)14-13-23(19,2)3;1-6-27-22(26)16-7-10-18(11-8-16)25-21(28)17-9-12-19-20(15-17)24(4,5)14-13-23(19,2)3;/h7-10,13-14H,6,11-12H2,1-5H3,(H,26,27);7-10,13-14H,6,11-12H2,1-5H3,(H,26,29);7-12,15H,6,13-14H2,1-5H3,(H,25,26);7-12,15H,6,13-14H2,1-5H3,(H,25,28);1H4. The van der Waals surface area contributed by atoms with Gasteiger partial charge in [-0.05, 0) is 288 Å². The van der Waals surface area contributed by atoms with Crippen molar-refractivity contribution in [3.63, 3.8) is 0 Å². The van der Waals surface area contributed by atoms with E-state index in [4.69, 9.17) is 43.4 Å². The van der Waals surface area contributed by atoms with E-state index < -0.39 is 23.6 Å². The van der Waals surface area contributed by atoms with Crippen LogP contribution in [-0.2, 0) is 62.3 Å². The zero-order chi connectivity index (χ0) is 83.8. The first-order chi connectivity index (χ1) is 53.4. The number of hydrogen-bond acceptors (Lipinski definition) is 12. The second kappa shape index (κ2) is 36.6. The summed E-state index contributed by atoms with van der Waals surface area (Å²) >= 11 is 11.2. The van der Waals surface area contributed by atoms with Gasteiger partial charge in [-0.25, -0.2) is 28.0 Å². The summed E-state index contributed by atoms with van der Waals surface area (Å²) in [6.07, 6.45) is 9.05. The number of esters is 4. The van der Waals surface area contributed by atoms with E-state index in [9.17, 15) is 37.5 Å². The molecule has 14 nitrogen and oxygen atoms in total. The summed E-state index contributed by atoms with van der Waals surface area (Å²) in [7, 11) is 0. The van der Waals surface area contributed by atoms with E-state index in [2.05, 4.69) is 168 Å². The number of anilines is 4. The number of fused-ring (bicyclic) bond motifs is 4. The number of hydrogen-bond donors (Lipinski definition) is 4. The van der Waals surface area contributed by atoms with E-state index >= 15 is 0 Å². The summed E-state index contributed by atoms with van der Waals surface area (Å²) in [4.78, 5) is 73.8. The van der Waals surface area contributed by atoms with Crippen LogP contribution in [-0.4, -0.2) is 72.1 Å². The molecule has 18 heteroatoms. The van der Waals surface area contributed by atoms with Crippen LogP contribution in [0.1, 0.15) is 315 Å². The van der Waals surface area contributed by atoms with Crippen LogP contribution >= 0.6 is 24.4 Å². The van der Waals surface area contributed by atoms with E-state index in [1.54, 1.807) is 70.2 Å². The van der Waals surface area contributed by atoms with E-state index in [-0.39, 0.29) is 105 Å². The van der Waals surface area contributed by atoms with Crippen LogP contribution in [0.4, 0.5) is 31.5 Å². The summed E-state index contributed by atoms with van der Waals surface area (Å²) in [5.41, 5.74) is 17.6. The summed E-state index contributed by atoms with van der Waals surface area (Å²) in [6, 6.07) is 47.1. The van der Waals surface area contributed by atoms with Crippen LogP contribution in [0.5, 0.6) is 0 Å². The molecule has 0 spiro atoms. The Morgan fingerprint density at radius 2 is 0.504 bits per heavy atom. The van der Waals surface area contributed by atoms with E-state index in [0.717, 1.165) is 61.4 Å². The minimum Gasteiger partial charge on any atom is -0.462 e. The Hall–Kier alpha value is -9.78. The quantitative estimate of drug-likeness (QED) is 0.0406. The average Bonchev–Trinajstić information content (AvgIpc) is 0.770. The maximum Gasteiger partial charge on any atom is 0.341 e. The van der Waals surface area contributed by atoms with Gasteiger partial charge in [0.1, 0.15) is 21.6 Å². The van der Waals surface area contributed by atoms with Gasteiger partial charge in [0.05, 0.1) is 48.7 Å². The smallest absolute Gasteiger partial charge is 0.341 e. The van der Waals surface area contributed by atoms with Crippen molar-refractivity contribution in [3.05, 3.63) is 258 Å². The van der Waals surface area contributed by atoms with Crippen LogP contribution in [0.25, 0.3) is 0 Å². The van der Waals surface area contributed by atoms with Crippen LogP contribution in [0.3, 0.4) is 0 Å². The number of nitrogens with one attached hydrogen (secondary N) is 4. The lowest BCUT2D eigenvalue weighted by atomic mass is 9.63. The van der Waals surface area contributed by atoms with Gasteiger partial charge in [-0.2, -0.15) is 0 Å². The summed E-state index contributed by atoms with van der Waals surface area (Å²) in [5, 5.41) is 12.0. The molecule has 12 rings (SSSR count). The van der Waals surface area contributed by atoms with Crippen molar-refractivity contribution >= 4 is 92.9 Å². The van der Waals surface area contributed by atoms with Gasteiger partial charge in [0.25, 0.3) is 11.8 Å². The maximum absolute atomic E-state index is 14.3. The lowest BCUT2D eigenvalue weighted by Crippen LogP contribution is -2.34.